The first-order chi connectivity index (χ1) is 12.6. The minimum atomic E-state index is -0.586. The van der Waals surface area contributed by atoms with Gasteiger partial charge in [-0.1, -0.05) is 18.2 Å². The maximum atomic E-state index is 12.3. The summed E-state index contributed by atoms with van der Waals surface area (Å²) in [5.41, 5.74) is 2.25. The fourth-order valence-electron chi connectivity index (χ4n) is 2.68. The van der Waals surface area contributed by atoms with Gasteiger partial charge in [-0.15, -0.1) is 0 Å². The van der Waals surface area contributed by atoms with Crippen molar-refractivity contribution in [2.24, 2.45) is 0 Å². The van der Waals surface area contributed by atoms with Crippen LogP contribution in [0, 0.1) is 0 Å². The van der Waals surface area contributed by atoms with E-state index in [1.165, 1.54) is 5.69 Å². The van der Waals surface area contributed by atoms with E-state index >= 15 is 0 Å². The van der Waals surface area contributed by atoms with Crippen LogP contribution in [0.3, 0.4) is 0 Å². The van der Waals surface area contributed by atoms with Crippen molar-refractivity contribution in [1.29, 1.82) is 0 Å². The van der Waals surface area contributed by atoms with Crippen molar-refractivity contribution in [1.82, 2.24) is 5.32 Å². The van der Waals surface area contributed by atoms with Crippen LogP contribution in [-0.2, 0) is 11.3 Å². The second-order valence-corrected chi connectivity index (χ2v) is 6.00. The molecule has 140 valence electrons. The number of carbonyl (C=O) groups excluding carboxylic acids is 1. The molecule has 0 saturated carbocycles. The molecular formula is C21H28N2O3. The third-order valence-electron chi connectivity index (χ3n) is 4.25. The zero-order chi connectivity index (χ0) is 18.9. The zero-order valence-electron chi connectivity index (χ0n) is 16.0. The summed E-state index contributed by atoms with van der Waals surface area (Å²) < 4.78 is 10.8. The number of hydrogen-bond donors (Lipinski definition) is 1. The Hall–Kier alpha value is -2.69. The van der Waals surface area contributed by atoms with Crippen LogP contribution in [0.15, 0.2) is 48.5 Å². The van der Waals surface area contributed by atoms with Crippen LogP contribution >= 0.6 is 0 Å². The van der Waals surface area contributed by atoms with Crippen molar-refractivity contribution < 1.29 is 14.3 Å². The van der Waals surface area contributed by atoms with Crippen LogP contribution in [0.4, 0.5) is 5.69 Å². The van der Waals surface area contributed by atoms with Gasteiger partial charge < -0.3 is 19.7 Å². The summed E-state index contributed by atoms with van der Waals surface area (Å²) in [6.07, 6.45) is -0.586. The molecule has 0 heterocycles. The first kappa shape index (κ1) is 19.6. The topological polar surface area (TPSA) is 50.8 Å². The lowest BCUT2D eigenvalue weighted by Crippen LogP contribution is -2.35. The number of hydrogen-bond acceptors (Lipinski definition) is 4. The highest BCUT2D eigenvalue weighted by molar-refractivity contribution is 5.80. The number of carbonyl (C=O) groups is 1. The largest absolute Gasteiger partial charge is 0.497 e. The van der Waals surface area contributed by atoms with Crippen LogP contribution < -0.4 is 19.7 Å². The van der Waals surface area contributed by atoms with Crippen LogP contribution in [0.1, 0.15) is 26.3 Å². The Balaban J connectivity index is 1.87. The lowest BCUT2D eigenvalue weighted by atomic mass is 10.2. The summed E-state index contributed by atoms with van der Waals surface area (Å²) in [5, 5.41) is 2.92. The van der Waals surface area contributed by atoms with E-state index in [-0.39, 0.29) is 5.91 Å². The molecule has 1 amide bonds. The molecule has 0 aromatic heterocycles. The minimum Gasteiger partial charge on any atom is -0.497 e. The van der Waals surface area contributed by atoms with Gasteiger partial charge in [0, 0.05) is 31.4 Å². The van der Waals surface area contributed by atoms with Gasteiger partial charge in [0.25, 0.3) is 5.91 Å². The van der Waals surface area contributed by atoms with E-state index in [4.69, 9.17) is 9.47 Å². The first-order valence-electron chi connectivity index (χ1n) is 8.99. The molecule has 5 heteroatoms. The molecule has 0 aliphatic rings. The summed E-state index contributed by atoms with van der Waals surface area (Å²) in [7, 11) is 1.60. The fraction of sp³-hybridized carbons (Fsp3) is 0.381. The van der Waals surface area contributed by atoms with Gasteiger partial charge in [0.1, 0.15) is 11.5 Å². The van der Waals surface area contributed by atoms with Gasteiger partial charge in [-0.2, -0.15) is 0 Å². The van der Waals surface area contributed by atoms with E-state index in [1.807, 2.05) is 24.3 Å². The molecule has 1 N–H and O–H groups in total. The number of nitrogens with one attached hydrogen (secondary N) is 1. The highest BCUT2D eigenvalue weighted by Crippen LogP contribution is 2.20. The van der Waals surface area contributed by atoms with Gasteiger partial charge in [-0.05, 0) is 50.6 Å². The molecule has 0 fully saturated rings. The van der Waals surface area contributed by atoms with E-state index in [1.54, 1.807) is 26.2 Å². The Labute approximate surface area is 155 Å². The molecule has 0 bridgehead atoms. The predicted molar refractivity (Wildman–Crippen MR) is 105 cm³/mol. The molecule has 26 heavy (non-hydrogen) atoms. The Kier molecular flexibility index (Phi) is 7.33. The van der Waals surface area contributed by atoms with Crippen molar-refractivity contribution in [3.63, 3.8) is 0 Å². The fourth-order valence-corrected chi connectivity index (χ4v) is 2.68. The summed E-state index contributed by atoms with van der Waals surface area (Å²) >= 11 is 0. The molecule has 0 unspecified atom stereocenters. The third-order valence-corrected chi connectivity index (χ3v) is 4.25. The molecule has 2 aromatic rings. The van der Waals surface area contributed by atoms with Gasteiger partial charge in [-0.3, -0.25) is 4.79 Å². The summed E-state index contributed by atoms with van der Waals surface area (Å²) in [6.45, 7) is 8.45. The van der Waals surface area contributed by atoms with E-state index in [9.17, 15) is 4.79 Å². The first-order valence-corrected chi connectivity index (χ1v) is 8.99. The zero-order valence-corrected chi connectivity index (χ0v) is 16.0. The van der Waals surface area contributed by atoms with E-state index < -0.39 is 6.10 Å². The van der Waals surface area contributed by atoms with Crippen molar-refractivity contribution in [3.8, 4) is 11.5 Å². The van der Waals surface area contributed by atoms with Gasteiger partial charge in [-0.25, -0.2) is 0 Å². The second-order valence-electron chi connectivity index (χ2n) is 6.00. The average Bonchev–Trinajstić information content (AvgIpc) is 2.68. The molecule has 1 atom stereocenters. The number of nitrogens with zero attached hydrogens (tertiary/aromatic N) is 1. The number of benzene rings is 2. The lowest BCUT2D eigenvalue weighted by molar-refractivity contribution is -0.127. The standard InChI is InChI=1S/C21H28N2O3/c1-5-23(6-2)18-12-10-17(11-13-18)15-22-21(24)16(3)26-20-9-7-8-19(14-20)25-4/h7-14,16H,5-6,15H2,1-4H3,(H,22,24)/t16-/m0/s1. The van der Waals surface area contributed by atoms with Crippen LogP contribution in [0.25, 0.3) is 0 Å². The van der Waals surface area contributed by atoms with E-state index in [2.05, 4.69) is 36.2 Å². The molecule has 2 aromatic carbocycles. The molecule has 0 saturated heterocycles. The Morgan fingerprint density at radius 2 is 1.73 bits per heavy atom. The number of anilines is 1. The highest BCUT2D eigenvalue weighted by Gasteiger charge is 2.14. The summed E-state index contributed by atoms with van der Waals surface area (Å²) in [6, 6.07) is 15.5. The Morgan fingerprint density at radius 1 is 1.08 bits per heavy atom. The molecule has 0 spiro atoms. The lowest BCUT2D eigenvalue weighted by Gasteiger charge is -2.21. The second kappa shape index (κ2) is 9.70. The smallest absolute Gasteiger partial charge is 0.261 e. The van der Waals surface area contributed by atoms with Crippen molar-refractivity contribution >= 4 is 11.6 Å². The number of methoxy groups -OCH3 is 1. The van der Waals surface area contributed by atoms with Gasteiger partial charge in [0.15, 0.2) is 6.10 Å². The SMILES string of the molecule is CCN(CC)c1ccc(CNC(=O)[C@H](C)Oc2cccc(OC)c2)cc1. The molecule has 0 radical (unpaired) electrons. The molecule has 5 nitrogen and oxygen atoms in total. The molecule has 0 aliphatic heterocycles. The minimum absolute atomic E-state index is 0.152. The third kappa shape index (κ3) is 5.41. The molecule has 2 rings (SSSR count). The van der Waals surface area contributed by atoms with Gasteiger partial charge in [0.05, 0.1) is 7.11 Å². The van der Waals surface area contributed by atoms with Crippen LogP contribution in [-0.4, -0.2) is 32.2 Å². The van der Waals surface area contributed by atoms with Gasteiger partial charge >= 0.3 is 0 Å². The van der Waals surface area contributed by atoms with E-state index in [0.717, 1.165) is 18.7 Å². The predicted octanol–water partition coefficient (Wildman–Crippen LogP) is 3.63. The van der Waals surface area contributed by atoms with Crippen molar-refractivity contribution in [3.05, 3.63) is 54.1 Å². The monoisotopic (exact) mass is 356 g/mol. The van der Waals surface area contributed by atoms with E-state index in [0.29, 0.717) is 18.0 Å². The normalized spacial score (nSPS) is 11.5. The quantitative estimate of drug-likeness (QED) is 0.745. The summed E-state index contributed by atoms with van der Waals surface area (Å²) in [5.74, 6) is 1.15. The highest BCUT2D eigenvalue weighted by atomic mass is 16.5. The van der Waals surface area contributed by atoms with Gasteiger partial charge in [0.2, 0.25) is 0 Å². The molecular weight excluding hydrogens is 328 g/mol. The summed E-state index contributed by atoms with van der Waals surface area (Å²) in [4.78, 5) is 14.6. The number of amides is 1. The Bertz CT molecular complexity index is 697. The average molecular weight is 356 g/mol. The van der Waals surface area contributed by atoms with Crippen molar-refractivity contribution in [2.45, 2.75) is 33.4 Å². The maximum absolute atomic E-state index is 12.3. The number of rotatable bonds is 9. The Morgan fingerprint density at radius 3 is 2.35 bits per heavy atom. The molecule has 0 aliphatic carbocycles. The maximum Gasteiger partial charge on any atom is 0.261 e. The number of ether oxygens (including phenoxy) is 2. The van der Waals surface area contributed by atoms with Crippen LogP contribution in [0.2, 0.25) is 0 Å². The van der Waals surface area contributed by atoms with Crippen LogP contribution in [0.5, 0.6) is 11.5 Å². The van der Waals surface area contributed by atoms with Crippen molar-refractivity contribution in [2.75, 3.05) is 25.1 Å².